The summed E-state index contributed by atoms with van der Waals surface area (Å²) in [7, 11) is 0. The van der Waals surface area contributed by atoms with Crippen molar-refractivity contribution in [2.75, 3.05) is 0 Å². The van der Waals surface area contributed by atoms with E-state index in [2.05, 4.69) is 15.2 Å². The molecular weight excluding hydrogens is 246 g/mol. The minimum atomic E-state index is -0.181. The molecule has 0 saturated carbocycles. The highest BCUT2D eigenvalue weighted by molar-refractivity contribution is 8.00. The summed E-state index contributed by atoms with van der Waals surface area (Å²) in [4.78, 5) is 16.3. The number of aryl methyl sites for hydroxylation is 2. The fourth-order valence-corrected chi connectivity index (χ4v) is 2.39. The number of nitrogens with one attached hydrogen (secondary N) is 1. The van der Waals surface area contributed by atoms with Crippen LogP contribution in [0.15, 0.2) is 29.7 Å². The van der Waals surface area contributed by atoms with Gasteiger partial charge >= 0.3 is 0 Å². The number of nitrogens with zero attached hydrogens (tertiary/aromatic N) is 2. The van der Waals surface area contributed by atoms with E-state index in [9.17, 15) is 4.79 Å². The highest BCUT2D eigenvalue weighted by Gasteiger charge is 2.18. The Morgan fingerprint density at radius 3 is 2.72 bits per heavy atom. The van der Waals surface area contributed by atoms with Gasteiger partial charge < -0.3 is 0 Å². The summed E-state index contributed by atoms with van der Waals surface area (Å²) < 4.78 is 0. The number of thioether (sulfide) groups is 1. The first-order valence-electron chi connectivity index (χ1n) is 5.71. The van der Waals surface area contributed by atoms with Crippen LogP contribution in [-0.2, 0) is 0 Å². The first-order chi connectivity index (χ1) is 8.58. The van der Waals surface area contributed by atoms with E-state index in [4.69, 9.17) is 0 Å². The molecule has 0 aliphatic carbocycles. The lowest BCUT2D eigenvalue weighted by atomic mass is 10.0. The second-order valence-corrected chi connectivity index (χ2v) is 5.54. The number of ketones is 1. The minimum Gasteiger partial charge on any atom is -0.293 e. The number of carbonyl (C=O) groups excluding carboxylic acids is 1. The molecule has 0 saturated heterocycles. The molecule has 1 atom stereocenters. The van der Waals surface area contributed by atoms with Gasteiger partial charge in [0.2, 0.25) is 0 Å². The maximum atomic E-state index is 12.3. The highest BCUT2D eigenvalue weighted by Crippen LogP contribution is 2.22. The van der Waals surface area contributed by atoms with Gasteiger partial charge in [-0.1, -0.05) is 23.9 Å². The van der Waals surface area contributed by atoms with Crippen LogP contribution in [0, 0.1) is 13.8 Å². The molecule has 0 radical (unpaired) electrons. The molecule has 5 heteroatoms. The summed E-state index contributed by atoms with van der Waals surface area (Å²) >= 11 is 1.38. The predicted octanol–water partition coefficient (Wildman–Crippen LogP) is 2.79. The van der Waals surface area contributed by atoms with E-state index in [0.717, 1.165) is 11.1 Å². The maximum Gasteiger partial charge on any atom is 0.184 e. The molecule has 0 aliphatic rings. The predicted molar refractivity (Wildman–Crippen MR) is 71.9 cm³/mol. The molecule has 4 nitrogen and oxygen atoms in total. The Morgan fingerprint density at radius 1 is 1.33 bits per heavy atom. The molecule has 2 rings (SSSR count). The van der Waals surface area contributed by atoms with Crippen molar-refractivity contribution in [1.82, 2.24) is 15.2 Å². The van der Waals surface area contributed by atoms with E-state index >= 15 is 0 Å². The molecule has 1 heterocycles. The van der Waals surface area contributed by atoms with Gasteiger partial charge in [-0.15, -0.1) is 0 Å². The van der Waals surface area contributed by atoms with Crippen LogP contribution in [0.25, 0.3) is 0 Å². The topological polar surface area (TPSA) is 58.6 Å². The number of hydrogen-bond donors (Lipinski definition) is 1. The SMILES string of the molecule is Cc1ccc(C(=O)C(C)Sc2ncn[nH]2)cc1C. The van der Waals surface area contributed by atoms with E-state index in [0.29, 0.717) is 5.16 Å². The average Bonchev–Trinajstić information content (AvgIpc) is 2.84. The number of aromatic amines is 1. The van der Waals surface area contributed by atoms with Crippen LogP contribution in [0.3, 0.4) is 0 Å². The Kier molecular flexibility index (Phi) is 3.81. The number of H-pyrrole nitrogens is 1. The van der Waals surface area contributed by atoms with Crippen LogP contribution in [0.4, 0.5) is 0 Å². The van der Waals surface area contributed by atoms with Crippen molar-refractivity contribution in [1.29, 1.82) is 0 Å². The fourth-order valence-electron chi connectivity index (χ4n) is 1.60. The lowest BCUT2D eigenvalue weighted by Crippen LogP contribution is -2.14. The van der Waals surface area contributed by atoms with Crippen molar-refractivity contribution in [2.45, 2.75) is 31.2 Å². The van der Waals surface area contributed by atoms with E-state index in [1.165, 1.54) is 23.7 Å². The Bertz CT molecular complexity index is 551. The second-order valence-electron chi connectivity index (χ2n) is 4.21. The minimum absolute atomic E-state index is 0.111. The van der Waals surface area contributed by atoms with Crippen molar-refractivity contribution in [3.8, 4) is 0 Å². The molecule has 18 heavy (non-hydrogen) atoms. The van der Waals surface area contributed by atoms with Gasteiger partial charge in [-0.05, 0) is 38.0 Å². The summed E-state index contributed by atoms with van der Waals surface area (Å²) in [5.74, 6) is 0.111. The largest absolute Gasteiger partial charge is 0.293 e. The van der Waals surface area contributed by atoms with Crippen LogP contribution >= 0.6 is 11.8 Å². The van der Waals surface area contributed by atoms with E-state index in [1.54, 1.807) is 0 Å². The van der Waals surface area contributed by atoms with Crippen LogP contribution in [0.2, 0.25) is 0 Å². The van der Waals surface area contributed by atoms with Crippen LogP contribution in [-0.4, -0.2) is 26.2 Å². The smallest absolute Gasteiger partial charge is 0.184 e. The Morgan fingerprint density at radius 2 is 2.11 bits per heavy atom. The molecule has 1 aromatic carbocycles. The molecule has 0 amide bonds. The van der Waals surface area contributed by atoms with Crippen molar-refractivity contribution < 1.29 is 4.79 Å². The van der Waals surface area contributed by atoms with E-state index in [1.807, 2.05) is 39.0 Å². The first kappa shape index (κ1) is 12.8. The standard InChI is InChI=1S/C13H15N3OS/c1-8-4-5-11(6-9(8)2)12(17)10(3)18-13-14-7-15-16-13/h4-7,10H,1-3H3,(H,14,15,16). The van der Waals surface area contributed by atoms with Gasteiger partial charge in [-0.2, -0.15) is 5.10 Å². The summed E-state index contributed by atoms with van der Waals surface area (Å²) in [6, 6.07) is 5.80. The average molecular weight is 261 g/mol. The van der Waals surface area contributed by atoms with Crippen LogP contribution in [0.1, 0.15) is 28.4 Å². The summed E-state index contributed by atoms with van der Waals surface area (Å²) in [5.41, 5.74) is 3.08. The number of rotatable bonds is 4. The summed E-state index contributed by atoms with van der Waals surface area (Å²) in [6.07, 6.45) is 1.44. The summed E-state index contributed by atoms with van der Waals surface area (Å²) in [5, 5.41) is 7.00. The number of hydrogen-bond acceptors (Lipinski definition) is 4. The zero-order valence-corrected chi connectivity index (χ0v) is 11.4. The van der Waals surface area contributed by atoms with Gasteiger partial charge in [-0.25, -0.2) is 4.98 Å². The lowest BCUT2D eigenvalue weighted by Gasteiger charge is -2.09. The van der Waals surface area contributed by atoms with E-state index < -0.39 is 0 Å². The molecule has 1 N–H and O–H groups in total. The third-order valence-corrected chi connectivity index (χ3v) is 3.83. The molecule has 0 bridgehead atoms. The van der Waals surface area contributed by atoms with Gasteiger partial charge in [0.1, 0.15) is 6.33 Å². The fraction of sp³-hybridized carbons (Fsp3) is 0.308. The van der Waals surface area contributed by atoms with Gasteiger partial charge in [0.25, 0.3) is 0 Å². The van der Waals surface area contributed by atoms with E-state index in [-0.39, 0.29) is 11.0 Å². The van der Waals surface area contributed by atoms with Crippen LogP contribution in [0.5, 0.6) is 0 Å². The zero-order chi connectivity index (χ0) is 13.1. The Hall–Kier alpha value is -1.62. The molecule has 0 fully saturated rings. The Balaban J connectivity index is 2.12. The monoisotopic (exact) mass is 261 g/mol. The number of Topliss-reactive ketones (excluding diaryl/α,β-unsaturated/α-hetero) is 1. The molecule has 0 spiro atoms. The maximum absolute atomic E-state index is 12.3. The molecular formula is C13H15N3OS. The van der Waals surface area contributed by atoms with Gasteiger partial charge in [0.15, 0.2) is 10.9 Å². The normalized spacial score (nSPS) is 12.4. The molecule has 1 unspecified atom stereocenters. The van der Waals surface area contributed by atoms with Crippen molar-refractivity contribution in [3.63, 3.8) is 0 Å². The van der Waals surface area contributed by atoms with Crippen molar-refractivity contribution >= 4 is 17.5 Å². The van der Waals surface area contributed by atoms with Crippen molar-refractivity contribution in [2.24, 2.45) is 0 Å². The quantitative estimate of drug-likeness (QED) is 0.679. The van der Waals surface area contributed by atoms with Gasteiger partial charge in [0.05, 0.1) is 5.25 Å². The Labute approximate surface area is 110 Å². The summed E-state index contributed by atoms with van der Waals surface area (Å²) in [6.45, 7) is 5.93. The second kappa shape index (κ2) is 5.35. The molecule has 0 aliphatic heterocycles. The number of carbonyl (C=O) groups is 1. The number of aromatic nitrogens is 3. The number of benzene rings is 1. The first-order valence-corrected chi connectivity index (χ1v) is 6.59. The van der Waals surface area contributed by atoms with Crippen LogP contribution < -0.4 is 0 Å². The van der Waals surface area contributed by atoms with Crippen molar-refractivity contribution in [3.05, 3.63) is 41.2 Å². The lowest BCUT2D eigenvalue weighted by molar-refractivity contribution is 0.0994. The zero-order valence-electron chi connectivity index (χ0n) is 10.6. The third kappa shape index (κ3) is 2.79. The van der Waals surface area contributed by atoms with Gasteiger partial charge in [-0.3, -0.25) is 9.89 Å². The molecule has 1 aromatic heterocycles. The highest BCUT2D eigenvalue weighted by atomic mass is 32.2. The molecule has 94 valence electrons. The third-order valence-electron chi connectivity index (χ3n) is 2.84. The molecule has 2 aromatic rings. The van der Waals surface area contributed by atoms with Gasteiger partial charge in [0, 0.05) is 5.56 Å².